The molecule has 4 heteroatoms. The molecule has 106 valence electrons. The second kappa shape index (κ2) is 6.18. The maximum Gasteiger partial charge on any atom is 0.0887 e. The lowest BCUT2D eigenvalue weighted by Gasteiger charge is -2.31. The first-order valence-corrected chi connectivity index (χ1v) is 8.86. The molecule has 3 rings (SSSR count). The third-order valence-corrected chi connectivity index (χ3v) is 6.70. The molecule has 1 aliphatic carbocycles. The van der Waals surface area contributed by atoms with E-state index in [1.807, 2.05) is 7.05 Å². The highest BCUT2D eigenvalue weighted by atomic mass is 79.9. The zero-order chi connectivity index (χ0) is 14.1. The van der Waals surface area contributed by atoms with Gasteiger partial charge in [0.15, 0.2) is 0 Å². The van der Waals surface area contributed by atoms with Crippen molar-refractivity contribution in [2.45, 2.75) is 25.3 Å². The van der Waals surface area contributed by atoms with Crippen molar-refractivity contribution in [2.75, 3.05) is 7.05 Å². The van der Waals surface area contributed by atoms with Crippen LogP contribution in [-0.2, 0) is 12.8 Å². The predicted octanol–water partition coefficient (Wildman–Crippen LogP) is 5.23. The molecule has 1 aliphatic rings. The van der Waals surface area contributed by atoms with Gasteiger partial charge in [0.2, 0.25) is 0 Å². The highest BCUT2D eigenvalue weighted by molar-refractivity contribution is 9.11. The Hall–Kier alpha value is -0.350. The number of hydrogen-bond acceptors (Lipinski definition) is 2. The Balaban J connectivity index is 1.85. The Morgan fingerprint density at radius 1 is 1.35 bits per heavy atom. The van der Waals surface area contributed by atoms with Crippen molar-refractivity contribution in [3.63, 3.8) is 0 Å². The molecule has 1 N–H and O–H groups in total. The normalized spacial score (nSPS) is 19.6. The van der Waals surface area contributed by atoms with Gasteiger partial charge in [0.25, 0.3) is 0 Å². The summed E-state index contributed by atoms with van der Waals surface area (Å²) < 4.78 is 1.03. The summed E-state index contributed by atoms with van der Waals surface area (Å²) in [6, 6.07) is 11.3. The fourth-order valence-corrected chi connectivity index (χ4v) is 5.09. The quantitative estimate of drug-likeness (QED) is 0.780. The van der Waals surface area contributed by atoms with Crippen LogP contribution < -0.4 is 5.32 Å². The molecule has 2 unspecified atom stereocenters. The van der Waals surface area contributed by atoms with Crippen molar-refractivity contribution in [3.05, 3.63) is 55.1 Å². The van der Waals surface area contributed by atoms with Crippen LogP contribution in [0.3, 0.4) is 0 Å². The van der Waals surface area contributed by atoms with E-state index in [-0.39, 0.29) is 0 Å². The number of nitrogens with one attached hydrogen (secondary N) is 1. The summed E-state index contributed by atoms with van der Waals surface area (Å²) in [4.78, 5) is 1.33. The van der Waals surface area contributed by atoms with Gasteiger partial charge in [-0.2, -0.15) is 0 Å². The maximum absolute atomic E-state index is 6.19. The highest BCUT2D eigenvalue weighted by Crippen LogP contribution is 2.40. The Morgan fingerprint density at radius 2 is 2.10 bits per heavy atom. The topological polar surface area (TPSA) is 12.0 Å². The van der Waals surface area contributed by atoms with Gasteiger partial charge in [0.05, 0.1) is 8.81 Å². The molecule has 1 heterocycles. The first-order valence-electron chi connectivity index (χ1n) is 6.88. The fourth-order valence-electron chi connectivity index (χ4n) is 3.14. The summed E-state index contributed by atoms with van der Waals surface area (Å²) in [5.74, 6) is 0.636. The van der Waals surface area contributed by atoms with E-state index in [9.17, 15) is 0 Å². The minimum absolute atomic E-state index is 0.386. The minimum Gasteiger partial charge on any atom is -0.312 e. The largest absolute Gasteiger partial charge is 0.312 e. The van der Waals surface area contributed by atoms with E-state index < -0.39 is 0 Å². The van der Waals surface area contributed by atoms with Gasteiger partial charge in [-0.25, -0.2) is 0 Å². The number of hydrogen-bond donors (Lipinski definition) is 1. The molecular formula is C16H17BrClNS. The van der Waals surface area contributed by atoms with Crippen LogP contribution in [0.15, 0.2) is 34.1 Å². The molecular weight excluding hydrogens is 354 g/mol. The van der Waals surface area contributed by atoms with Crippen molar-refractivity contribution < 1.29 is 0 Å². The van der Waals surface area contributed by atoms with Gasteiger partial charge in [-0.05, 0) is 65.4 Å². The van der Waals surface area contributed by atoms with Gasteiger partial charge < -0.3 is 5.32 Å². The second-order valence-corrected chi connectivity index (χ2v) is 8.12. The predicted molar refractivity (Wildman–Crippen MR) is 90.8 cm³/mol. The number of rotatable bonds is 3. The number of halogens is 2. The molecule has 1 aromatic carbocycles. The molecule has 0 amide bonds. The first kappa shape index (κ1) is 14.6. The molecule has 0 radical (unpaired) electrons. The summed E-state index contributed by atoms with van der Waals surface area (Å²) >= 11 is 11.5. The third-order valence-electron chi connectivity index (χ3n) is 4.14. The van der Waals surface area contributed by atoms with Crippen LogP contribution in [0.1, 0.15) is 28.5 Å². The summed E-state index contributed by atoms with van der Waals surface area (Å²) in [5.41, 5.74) is 3.02. The van der Waals surface area contributed by atoms with Crippen LogP contribution in [0.2, 0.25) is 5.02 Å². The summed E-state index contributed by atoms with van der Waals surface area (Å²) in [7, 11) is 2.05. The molecule has 1 nitrogen and oxygen atoms in total. The van der Waals surface area contributed by atoms with E-state index >= 15 is 0 Å². The molecule has 0 bridgehead atoms. The van der Waals surface area contributed by atoms with Crippen LogP contribution in [0.25, 0.3) is 0 Å². The van der Waals surface area contributed by atoms with Gasteiger partial charge >= 0.3 is 0 Å². The average molecular weight is 371 g/mol. The number of aryl methyl sites for hydroxylation is 1. The van der Waals surface area contributed by atoms with Crippen LogP contribution in [0, 0.1) is 5.92 Å². The Bertz CT molecular complexity index is 591. The van der Waals surface area contributed by atoms with Crippen molar-refractivity contribution in [1.82, 2.24) is 5.32 Å². The summed E-state index contributed by atoms with van der Waals surface area (Å²) in [6.07, 6.45) is 3.56. The van der Waals surface area contributed by atoms with Crippen LogP contribution >= 0.6 is 38.9 Å². The first-order chi connectivity index (χ1) is 9.69. The van der Waals surface area contributed by atoms with E-state index in [1.54, 1.807) is 11.3 Å². The summed E-state index contributed by atoms with van der Waals surface area (Å²) in [6.45, 7) is 0. The minimum atomic E-state index is 0.386. The fraction of sp³-hybridized carbons (Fsp3) is 0.375. The summed E-state index contributed by atoms with van der Waals surface area (Å²) in [5, 5.41) is 4.31. The lowest BCUT2D eigenvalue weighted by molar-refractivity contribution is 0.346. The number of thiophene rings is 1. The van der Waals surface area contributed by atoms with Gasteiger partial charge in [-0.15, -0.1) is 11.3 Å². The molecule has 1 aromatic heterocycles. The van der Waals surface area contributed by atoms with Crippen molar-refractivity contribution in [3.8, 4) is 0 Å². The molecule has 20 heavy (non-hydrogen) atoms. The van der Waals surface area contributed by atoms with Gasteiger partial charge in [0.1, 0.15) is 0 Å². The number of fused-ring (bicyclic) bond motifs is 1. The standard InChI is InChI=1S/C16H17BrClNS/c1-19-15(14-9-13(18)16(17)20-14)12-7-6-10-4-2-3-5-11(10)8-12/h2-5,9,12,15,19H,6-8H2,1H3. The van der Waals surface area contributed by atoms with Gasteiger partial charge in [-0.1, -0.05) is 35.9 Å². The van der Waals surface area contributed by atoms with Crippen molar-refractivity contribution >= 4 is 38.9 Å². The smallest absolute Gasteiger partial charge is 0.0887 e. The molecule has 0 aliphatic heterocycles. The van der Waals surface area contributed by atoms with Gasteiger partial charge in [0, 0.05) is 10.9 Å². The Kier molecular flexibility index (Phi) is 4.51. The zero-order valence-corrected chi connectivity index (χ0v) is 14.5. The van der Waals surface area contributed by atoms with E-state index in [1.165, 1.54) is 28.8 Å². The molecule has 2 aromatic rings. The number of benzene rings is 1. The zero-order valence-electron chi connectivity index (χ0n) is 11.3. The monoisotopic (exact) mass is 369 g/mol. The molecule has 2 atom stereocenters. The lowest BCUT2D eigenvalue weighted by atomic mass is 9.79. The van der Waals surface area contributed by atoms with Crippen molar-refractivity contribution in [1.29, 1.82) is 0 Å². The molecule has 0 spiro atoms. The SMILES string of the molecule is CNC(c1cc(Cl)c(Br)s1)C1CCc2ccccc2C1. The van der Waals surface area contributed by atoms with Gasteiger partial charge in [-0.3, -0.25) is 0 Å². The molecule has 0 saturated carbocycles. The molecule has 0 fully saturated rings. The second-order valence-electron chi connectivity index (χ2n) is 5.31. The third kappa shape index (κ3) is 2.82. The highest BCUT2D eigenvalue weighted by Gasteiger charge is 2.27. The van der Waals surface area contributed by atoms with E-state index in [4.69, 9.17) is 11.6 Å². The van der Waals surface area contributed by atoms with Crippen molar-refractivity contribution in [2.24, 2.45) is 5.92 Å². The van der Waals surface area contributed by atoms with Crippen LogP contribution in [0.4, 0.5) is 0 Å². The van der Waals surface area contributed by atoms with E-state index in [0.717, 1.165) is 15.2 Å². The van der Waals surface area contributed by atoms with Crippen LogP contribution in [0.5, 0.6) is 0 Å². The van der Waals surface area contributed by atoms with E-state index in [2.05, 4.69) is 51.6 Å². The molecule has 0 saturated heterocycles. The maximum atomic E-state index is 6.19. The van der Waals surface area contributed by atoms with Crippen LogP contribution in [-0.4, -0.2) is 7.05 Å². The van der Waals surface area contributed by atoms with E-state index in [0.29, 0.717) is 12.0 Å². The Morgan fingerprint density at radius 3 is 2.75 bits per heavy atom. The lowest BCUT2D eigenvalue weighted by Crippen LogP contribution is -2.29. The average Bonchev–Trinajstić information content (AvgIpc) is 2.79. The Labute approximate surface area is 137 Å².